The second kappa shape index (κ2) is 8.84. The highest BCUT2D eigenvalue weighted by Gasteiger charge is 2.22. The Morgan fingerprint density at radius 3 is 2.69 bits per heavy atom. The zero-order valence-corrected chi connectivity index (χ0v) is 17.3. The predicted molar refractivity (Wildman–Crippen MR) is 115 cm³/mol. The molecule has 4 heterocycles. The Kier molecular flexibility index (Phi) is 6.02. The van der Waals surface area contributed by atoms with Gasteiger partial charge in [0.2, 0.25) is 0 Å². The molecule has 1 aliphatic rings. The molecule has 0 bridgehead atoms. The summed E-state index contributed by atoms with van der Waals surface area (Å²) in [7, 11) is 2.15. The number of hydrogen-bond donors (Lipinski definition) is 0. The Morgan fingerprint density at radius 1 is 1.17 bits per heavy atom. The summed E-state index contributed by atoms with van der Waals surface area (Å²) < 4.78 is 1.63. The first-order valence-corrected chi connectivity index (χ1v) is 10.4. The second-order valence-electron chi connectivity index (χ2n) is 8.06. The van der Waals surface area contributed by atoms with Crippen LogP contribution in [0.4, 0.5) is 0 Å². The van der Waals surface area contributed by atoms with Crippen LogP contribution in [0.25, 0.3) is 5.65 Å². The van der Waals surface area contributed by atoms with E-state index in [4.69, 9.17) is 4.98 Å². The maximum Gasteiger partial charge on any atom is 0.258 e. The van der Waals surface area contributed by atoms with E-state index in [1.54, 1.807) is 16.7 Å². The van der Waals surface area contributed by atoms with Crippen molar-refractivity contribution in [2.24, 2.45) is 0 Å². The van der Waals surface area contributed by atoms with Crippen LogP contribution in [0.5, 0.6) is 0 Å². The summed E-state index contributed by atoms with van der Waals surface area (Å²) in [5.74, 6) is 0. The zero-order valence-electron chi connectivity index (χ0n) is 17.3. The van der Waals surface area contributed by atoms with Crippen molar-refractivity contribution >= 4 is 5.65 Å². The van der Waals surface area contributed by atoms with Crippen LogP contribution in [0.3, 0.4) is 0 Å². The SMILES string of the molecule is Cc1cccn2c(=O)cc(CN(C)C3CCN(CCc4ccncc4)CC3)nc12. The van der Waals surface area contributed by atoms with Crippen LogP contribution in [0.15, 0.2) is 53.7 Å². The normalized spacial score (nSPS) is 16.0. The fourth-order valence-corrected chi connectivity index (χ4v) is 4.19. The Balaban J connectivity index is 1.33. The Labute approximate surface area is 171 Å². The van der Waals surface area contributed by atoms with Gasteiger partial charge in [-0.05, 0) is 75.6 Å². The third kappa shape index (κ3) is 4.71. The summed E-state index contributed by atoms with van der Waals surface area (Å²) in [6.07, 6.45) is 8.90. The molecule has 0 radical (unpaired) electrons. The van der Waals surface area contributed by atoms with Crippen LogP contribution < -0.4 is 5.56 Å². The first kappa shape index (κ1) is 19.7. The molecule has 0 atom stereocenters. The van der Waals surface area contributed by atoms with E-state index in [1.807, 2.05) is 31.5 Å². The molecule has 1 aliphatic heterocycles. The first-order chi connectivity index (χ1) is 14.1. The molecular weight excluding hydrogens is 362 g/mol. The van der Waals surface area contributed by atoms with Crippen molar-refractivity contribution in [2.45, 2.75) is 38.8 Å². The monoisotopic (exact) mass is 391 g/mol. The number of hydrogen-bond acceptors (Lipinski definition) is 5. The quantitative estimate of drug-likeness (QED) is 0.646. The van der Waals surface area contributed by atoms with E-state index in [2.05, 4.69) is 34.0 Å². The van der Waals surface area contributed by atoms with Crippen molar-refractivity contribution in [3.05, 3.63) is 76.1 Å². The smallest absolute Gasteiger partial charge is 0.258 e. The van der Waals surface area contributed by atoms with Crippen LogP contribution in [-0.4, -0.2) is 56.9 Å². The number of fused-ring (bicyclic) bond motifs is 1. The molecule has 29 heavy (non-hydrogen) atoms. The lowest BCUT2D eigenvalue weighted by Crippen LogP contribution is -2.43. The number of piperidine rings is 1. The molecule has 0 N–H and O–H groups in total. The van der Waals surface area contributed by atoms with Crippen molar-refractivity contribution in [3.63, 3.8) is 0 Å². The molecule has 3 aromatic rings. The molecule has 152 valence electrons. The minimum absolute atomic E-state index is 0.00645. The fraction of sp³-hybridized carbons (Fsp3) is 0.435. The molecule has 0 unspecified atom stereocenters. The van der Waals surface area contributed by atoms with Gasteiger partial charge in [0.05, 0.1) is 5.69 Å². The number of nitrogens with zero attached hydrogens (tertiary/aromatic N) is 5. The Morgan fingerprint density at radius 2 is 1.93 bits per heavy atom. The van der Waals surface area contributed by atoms with Gasteiger partial charge in [-0.2, -0.15) is 0 Å². The van der Waals surface area contributed by atoms with Gasteiger partial charge < -0.3 is 4.90 Å². The largest absolute Gasteiger partial charge is 0.303 e. The maximum atomic E-state index is 12.4. The Bertz CT molecular complexity index is 1010. The van der Waals surface area contributed by atoms with Crippen molar-refractivity contribution in [1.29, 1.82) is 0 Å². The Hall–Kier alpha value is -2.57. The fourth-order valence-electron chi connectivity index (χ4n) is 4.19. The van der Waals surface area contributed by atoms with Gasteiger partial charge in [-0.15, -0.1) is 0 Å². The third-order valence-electron chi connectivity index (χ3n) is 6.00. The highest BCUT2D eigenvalue weighted by Crippen LogP contribution is 2.18. The third-order valence-corrected chi connectivity index (χ3v) is 6.00. The number of pyridine rings is 2. The van der Waals surface area contributed by atoms with Gasteiger partial charge in [-0.1, -0.05) is 6.07 Å². The van der Waals surface area contributed by atoms with Gasteiger partial charge in [0.25, 0.3) is 5.56 Å². The maximum absolute atomic E-state index is 12.4. The summed E-state index contributed by atoms with van der Waals surface area (Å²) in [6, 6.07) is 10.3. The van der Waals surface area contributed by atoms with E-state index >= 15 is 0 Å². The number of aromatic nitrogens is 3. The van der Waals surface area contributed by atoms with Crippen LogP contribution in [0.1, 0.15) is 29.7 Å². The lowest BCUT2D eigenvalue weighted by atomic mass is 10.0. The van der Waals surface area contributed by atoms with Crippen molar-refractivity contribution < 1.29 is 0 Å². The second-order valence-corrected chi connectivity index (χ2v) is 8.06. The molecule has 4 rings (SSSR count). The minimum atomic E-state index is -0.00645. The summed E-state index contributed by atoms with van der Waals surface area (Å²) in [5.41, 5.74) is 3.98. The summed E-state index contributed by atoms with van der Waals surface area (Å²) >= 11 is 0. The topological polar surface area (TPSA) is 53.7 Å². The van der Waals surface area contributed by atoms with Crippen molar-refractivity contribution in [2.75, 3.05) is 26.7 Å². The highest BCUT2D eigenvalue weighted by atomic mass is 16.1. The van der Waals surface area contributed by atoms with Crippen LogP contribution in [0, 0.1) is 6.92 Å². The van der Waals surface area contributed by atoms with E-state index in [9.17, 15) is 4.79 Å². The predicted octanol–water partition coefficient (Wildman–Crippen LogP) is 2.54. The molecule has 0 amide bonds. The van der Waals surface area contributed by atoms with Crippen LogP contribution >= 0.6 is 0 Å². The molecule has 1 fully saturated rings. The van der Waals surface area contributed by atoms with Gasteiger partial charge in [0.1, 0.15) is 5.65 Å². The van der Waals surface area contributed by atoms with Crippen LogP contribution in [-0.2, 0) is 13.0 Å². The standard InChI is InChI=1S/C23H29N5O/c1-18-4-3-12-28-22(29)16-20(25-23(18)28)17-26(2)21-8-14-27(15-9-21)13-7-19-5-10-24-11-6-19/h3-6,10-12,16,21H,7-9,13-15,17H2,1-2H3. The van der Waals surface area contributed by atoms with E-state index in [0.717, 1.165) is 55.8 Å². The number of rotatable bonds is 6. The van der Waals surface area contributed by atoms with E-state index in [-0.39, 0.29) is 5.56 Å². The lowest BCUT2D eigenvalue weighted by Gasteiger charge is -2.36. The van der Waals surface area contributed by atoms with Gasteiger partial charge in [-0.25, -0.2) is 4.98 Å². The molecule has 3 aromatic heterocycles. The number of likely N-dealkylation sites (tertiary alicyclic amines) is 1. The minimum Gasteiger partial charge on any atom is -0.303 e. The van der Waals surface area contributed by atoms with Gasteiger partial charge >= 0.3 is 0 Å². The van der Waals surface area contributed by atoms with E-state index in [1.165, 1.54) is 5.56 Å². The van der Waals surface area contributed by atoms with Crippen LogP contribution in [0.2, 0.25) is 0 Å². The average Bonchev–Trinajstić information content (AvgIpc) is 2.74. The summed E-state index contributed by atoms with van der Waals surface area (Å²) in [6.45, 7) is 6.04. The number of aryl methyl sites for hydroxylation is 1. The average molecular weight is 392 g/mol. The molecule has 6 heteroatoms. The molecule has 0 spiro atoms. The highest BCUT2D eigenvalue weighted by molar-refractivity contribution is 5.46. The lowest BCUT2D eigenvalue weighted by molar-refractivity contribution is 0.123. The van der Waals surface area contributed by atoms with Crippen molar-refractivity contribution in [3.8, 4) is 0 Å². The van der Waals surface area contributed by atoms with Gasteiger partial charge in [0.15, 0.2) is 0 Å². The van der Waals surface area contributed by atoms with E-state index in [0.29, 0.717) is 12.6 Å². The molecule has 0 saturated carbocycles. The molecule has 0 aliphatic carbocycles. The summed E-state index contributed by atoms with van der Waals surface area (Å²) in [4.78, 5) is 26.2. The summed E-state index contributed by atoms with van der Waals surface area (Å²) in [5, 5.41) is 0. The van der Waals surface area contributed by atoms with Gasteiger partial charge in [-0.3, -0.25) is 19.1 Å². The van der Waals surface area contributed by atoms with Gasteiger partial charge in [0, 0.05) is 43.8 Å². The van der Waals surface area contributed by atoms with E-state index < -0.39 is 0 Å². The first-order valence-electron chi connectivity index (χ1n) is 10.4. The molecule has 6 nitrogen and oxygen atoms in total. The molecular formula is C23H29N5O. The van der Waals surface area contributed by atoms with Crippen molar-refractivity contribution in [1.82, 2.24) is 24.2 Å². The molecule has 1 saturated heterocycles. The zero-order chi connectivity index (χ0) is 20.2. The molecule has 0 aromatic carbocycles.